The highest BCUT2D eigenvalue weighted by atomic mass is 35.5. The normalized spacial score (nSPS) is 11.7. The number of sulfonamides is 1. The molecule has 1 heterocycles. The number of imidazole rings is 1. The molecular weight excluding hydrogens is 573 g/mol. The minimum absolute atomic E-state index is 0.0493. The van der Waals surface area contributed by atoms with E-state index in [1.807, 2.05) is 43.3 Å². The summed E-state index contributed by atoms with van der Waals surface area (Å²) < 4.78 is 35.0. The molecule has 0 fully saturated rings. The molecule has 1 aromatic heterocycles. The summed E-state index contributed by atoms with van der Waals surface area (Å²) in [6.07, 6.45) is 1.79. The summed E-state index contributed by atoms with van der Waals surface area (Å²) in [5.41, 5.74) is 2.12. The Labute approximate surface area is 244 Å². The predicted octanol–water partition coefficient (Wildman–Crippen LogP) is 5.05. The molecule has 0 aliphatic heterocycles. The molecule has 0 atom stereocenters. The smallest absolute Gasteiger partial charge is 0.243 e. The van der Waals surface area contributed by atoms with Crippen molar-refractivity contribution >= 4 is 45.1 Å². The fourth-order valence-corrected chi connectivity index (χ4v) is 5.48. The number of benzene rings is 3. The van der Waals surface area contributed by atoms with Crippen molar-refractivity contribution in [1.82, 2.24) is 18.8 Å². The summed E-state index contributed by atoms with van der Waals surface area (Å²) >= 11 is 12.0. The Morgan fingerprint density at radius 1 is 0.925 bits per heavy atom. The minimum atomic E-state index is -3.98. The third-order valence-electron chi connectivity index (χ3n) is 6.02. The maximum atomic E-state index is 13.5. The summed E-state index contributed by atoms with van der Waals surface area (Å²) in [5.74, 6) is 0.368. The van der Waals surface area contributed by atoms with Crippen LogP contribution in [-0.2, 0) is 14.8 Å². The van der Waals surface area contributed by atoms with Gasteiger partial charge >= 0.3 is 0 Å². The second kappa shape index (κ2) is 12.8. The van der Waals surface area contributed by atoms with E-state index >= 15 is 0 Å². The van der Waals surface area contributed by atoms with E-state index in [4.69, 9.17) is 27.9 Å². The zero-order valence-corrected chi connectivity index (χ0v) is 24.5. The Bertz CT molecular complexity index is 1560. The van der Waals surface area contributed by atoms with E-state index in [2.05, 4.69) is 10.3 Å². The lowest BCUT2D eigenvalue weighted by molar-refractivity contribution is -0.116. The molecule has 0 radical (unpaired) electrons. The highest BCUT2D eigenvalue weighted by Crippen LogP contribution is 2.27. The SMILES string of the molecule is COc1ccc(-n2cc(-c3ccc(Cl)cc3)nc2NC(=O)CN(CCN(C)C)S(=O)(=O)c2ccc(Cl)cc2)cc1. The van der Waals surface area contributed by atoms with Crippen LogP contribution in [-0.4, -0.2) is 73.9 Å². The quantitative estimate of drug-likeness (QED) is 0.258. The Hall–Kier alpha value is -3.41. The van der Waals surface area contributed by atoms with Gasteiger partial charge in [0.15, 0.2) is 0 Å². The number of methoxy groups -OCH3 is 1. The Morgan fingerprint density at radius 2 is 1.52 bits per heavy atom. The number of halogens is 2. The lowest BCUT2D eigenvalue weighted by Crippen LogP contribution is -2.41. The maximum absolute atomic E-state index is 13.5. The van der Waals surface area contributed by atoms with Crippen LogP contribution in [0, 0.1) is 0 Å². The van der Waals surface area contributed by atoms with Gasteiger partial charge in [-0.2, -0.15) is 4.31 Å². The van der Waals surface area contributed by atoms with Crippen LogP contribution in [0.3, 0.4) is 0 Å². The molecule has 210 valence electrons. The number of nitrogens with zero attached hydrogens (tertiary/aromatic N) is 4. The maximum Gasteiger partial charge on any atom is 0.243 e. The zero-order valence-electron chi connectivity index (χ0n) is 22.2. The van der Waals surface area contributed by atoms with Gasteiger partial charge in [0.1, 0.15) is 5.75 Å². The zero-order chi connectivity index (χ0) is 28.9. The van der Waals surface area contributed by atoms with Crippen molar-refractivity contribution in [3.8, 4) is 22.7 Å². The van der Waals surface area contributed by atoms with E-state index in [9.17, 15) is 13.2 Å². The summed E-state index contributed by atoms with van der Waals surface area (Å²) in [7, 11) is 1.26. The van der Waals surface area contributed by atoms with Gasteiger partial charge in [0.25, 0.3) is 0 Å². The molecule has 0 unspecified atom stereocenters. The van der Waals surface area contributed by atoms with Crippen molar-refractivity contribution in [2.75, 3.05) is 46.2 Å². The molecule has 0 saturated heterocycles. The number of likely N-dealkylation sites (N-methyl/N-ethyl adjacent to an activating group) is 1. The van der Waals surface area contributed by atoms with Gasteiger partial charge in [0, 0.05) is 40.6 Å². The third kappa shape index (κ3) is 7.21. The van der Waals surface area contributed by atoms with Gasteiger partial charge in [-0.15, -0.1) is 0 Å². The lowest BCUT2D eigenvalue weighted by atomic mass is 10.2. The molecule has 1 amide bonds. The van der Waals surface area contributed by atoms with Crippen molar-refractivity contribution in [3.05, 3.63) is 89.0 Å². The van der Waals surface area contributed by atoms with Gasteiger partial charge in [-0.1, -0.05) is 35.3 Å². The lowest BCUT2D eigenvalue weighted by Gasteiger charge is -2.23. The van der Waals surface area contributed by atoms with E-state index in [-0.39, 0.29) is 17.4 Å². The molecule has 0 aliphatic carbocycles. The third-order valence-corrected chi connectivity index (χ3v) is 8.38. The van der Waals surface area contributed by atoms with Crippen LogP contribution in [0.2, 0.25) is 10.0 Å². The summed E-state index contributed by atoms with van der Waals surface area (Å²) in [4.78, 5) is 19.9. The molecule has 0 saturated carbocycles. The molecule has 3 aromatic carbocycles. The molecule has 0 bridgehead atoms. The number of aromatic nitrogens is 2. The molecule has 4 rings (SSSR count). The number of ether oxygens (including phenoxy) is 1. The van der Waals surface area contributed by atoms with E-state index in [1.54, 1.807) is 42.1 Å². The van der Waals surface area contributed by atoms with Gasteiger partial charge in [-0.25, -0.2) is 13.4 Å². The molecule has 40 heavy (non-hydrogen) atoms. The molecule has 12 heteroatoms. The van der Waals surface area contributed by atoms with Gasteiger partial charge in [0.05, 0.1) is 24.2 Å². The second-order valence-corrected chi connectivity index (χ2v) is 12.0. The Kier molecular flexibility index (Phi) is 9.49. The summed E-state index contributed by atoms with van der Waals surface area (Å²) in [5, 5.41) is 3.81. The monoisotopic (exact) mass is 601 g/mol. The fraction of sp³-hybridized carbons (Fsp3) is 0.214. The van der Waals surface area contributed by atoms with E-state index in [0.717, 1.165) is 15.6 Å². The van der Waals surface area contributed by atoms with Crippen LogP contribution in [0.1, 0.15) is 0 Å². The molecule has 4 aromatic rings. The van der Waals surface area contributed by atoms with E-state index < -0.39 is 22.5 Å². The van der Waals surface area contributed by atoms with Gasteiger partial charge in [-0.05, 0) is 74.8 Å². The molecule has 9 nitrogen and oxygen atoms in total. The van der Waals surface area contributed by atoms with Crippen molar-refractivity contribution < 1.29 is 17.9 Å². The molecule has 1 N–H and O–H groups in total. The number of rotatable bonds is 11. The van der Waals surface area contributed by atoms with E-state index in [0.29, 0.717) is 28.0 Å². The van der Waals surface area contributed by atoms with Crippen molar-refractivity contribution in [2.45, 2.75) is 4.90 Å². The van der Waals surface area contributed by atoms with E-state index in [1.165, 1.54) is 24.3 Å². The van der Waals surface area contributed by atoms with Gasteiger partial charge in [0.2, 0.25) is 21.9 Å². The number of amides is 1. The summed E-state index contributed by atoms with van der Waals surface area (Å²) in [6, 6.07) is 20.3. The largest absolute Gasteiger partial charge is 0.497 e. The highest BCUT2D eigenvalue weighted by molar-refractivity contribution is 7.89. The van der Waals surface area contributed by atoms with Gasteiger partial charge < -0.3 is 9.64 Å². The number of hydrogen-bond donors (Lipinski definition) is 1. The van der Waals surface area contributed by atoms with Crippen molar-refractivity contribution in [1.29, 1.82) is 0 Å². The van der Waals surface area contributed by atoms with Crippen LogP contribution in [0.15, 0.2) is 83.9 Å². The standard InChI is InChI=1S/C28H29Cl2N5O4S/c1-33(2)16-17-34(40(37,38)25-14-8-22(30)9-15-25)19-27(36)32-28-31-26(20-4-6-21(29)7-5-20)18-35(28)23-10-12-24(39-3)13-11-23/h4-15,18H,16-17,19H2,1-3H3,(H,31,32,36). The Morgan fingerprint density at radius 3 is 2.10 bits per heavy atom. The number of hydrogen-bond acceptors (Lipinski definition) is 6. The van der Waals surface area contributed by atoms with Crippen LogP contribution in [0.25, 0.3) is 16.9 Å². The minimum Gasteiger partial charge on any atom is -0.497 e. The second-order valence-electron chi connectivity index (χ2n) is 9.17. The van der Waals surface area contributed by atoms with Crippen molar-refractivity contribution in [3.63, 3.8) is 0 Å². The first-order valence-corrected chi connectivity index (χ1v) is 14.5. The van der Waals surface area contributed by atoms with Crippen molar-refractivity contribution in [2.24, 2.45) is 0 Å². The highest BCUT2D eigenvalue weighted by Gasteiger charge is 2.27. The fourth-order valence-electron chi connectivity index (χ4n) is 3.84. The van der Waals surface area contributed by atoms with Crippen LogP contribution >= 0.6 is 23.2 Å². The topological polar surface area (TPSA) is 96.8 Å². The molecule has 0 spiro atoms. The van der Waals surface area contributed by atoms with Crippen LogP contribution < -0.4 is 10.1 Å². The number of carbonyl (C=O) groups is 1. The van der Waals surface area contributed by atoms with Crippen LogP contribution in [0.5, 0.6) is 5.75 Å². The number of carbonyl (C=O) groups excluding carboxylic acids is 1. The summed E-state index contributed by atoms with van der Waals surface area (Å²) in [6.45, 7) is 0.111. The molecular formula is C28H29Cl2N5O4S. The first kappa shape index (κ1) is 29.6. The van der Waals surface area contributed by atoms with Gasteiger partial charge in [-0.3, -0.25) is 14.7 Å². The first-order chi connectivity index (χ1) is 19.1. The molecule has 0 aliphatic rings. The average Bonchev–Trinajstić information content (AvgIpc) is 3.35. The number of anilines is 1. The average molecular weight is 603 g/mol. The predicted molar refractivity (Wildman–Crippen MR) is 158 cm³/mol. The first-order valence-electron chi connectivity index (χ1n) is 12.3. The Balaban J connectivity index is 1.65. The number of nitrogens with one attached hydrogen (secondary N) is 1. The van der Waals surface area contributed by atoms with Crippen LogP contribution in [0.4, 0.5) is 5.95 Å².